The molecular weight excluding hydrogens is 677 g/mol. The van der Waals surface area contributed by atoms with Crippen LogP contribution in [0, 0.1) is 0 Å². The van der Waals surface area contributed by atoms with Crippen LogP contribution in [0.2, 0.25) is 0 Å². The molecule has 38 valence electrons. The molecule has 0 rings (SSSR count). The van der Waals surface area contributed by atoms with Crippen molar-refractivity contribution < 1.29 is 57.0 Å². The molecule has 0 bridgehead atoms. The molecular formula is H4CuPbReRuSn. The van der Waals surface area contributed by atoms with Crippen LogP contribution in [-0.4, -0.2) is 51.2 Å². The third kappa shape index (κ3) is 18.5. The van der Waals surface area contributed by atoms with Gasteiger partial charge in [0.25, 0.3) is 0 Å². The van der Waals surface area contributed by atoms with Crippen molar-refractivity contribution in [2.45, 2.75) is 0 Å². The third-order valence-electron chi connectivity index (χ3n) is 0. The second-order valence-electron chi connectivity index (χ2n) is 0. The van der Waals surface area contributed by atoms with Crippen LogP contribution in [0.15, 0.2) is 0 Å². The molecule has 0 saturated heterocycles. The Kier molecular flexibility index (Phi) is 200. The van der Waals surface area contributed by atoms with E-state index in [1.807, 2.05) is 0 Å². The molecule has 5 heteroatoms. The van der Waals surface area contributed by atoms with E-state index in [1.54, 1.807) is 0 Å². The van der Waals surface area contributed by atoms with Gasteiger partial charge in [-0.3, -0.25) is 0 Å². The molecule has 0 aromatic carbocycles. The van der Waals surface area contributed by atoms with Crippen molar-refractivity contribution in [2.24, 2.45) is 0 Å². The minimum atomic E-state index is 0. The normalized spacial score (nSPS) is 0. The van der Waals surface area contributed by atoms with Crippen molar-refractivity contribution in [1.29, 1.82) is 0 Å². The van der Waals surface area contributed by atoms with Crippen molar-refractivity contribution in [1.82, 2.24) is 0 Å². The Hall–Kier alpha value is 3.53. The number of hydrogen-bond acceptors (Lipinski definition) is 0. The molecule has 6 radical (unpaired) electrons. The van der Waals surface area contributed by atoms with Gasteiger partial charge in [0.15, 0.2) is 0 Å². The molecule has 0 N–H and O–H groups in total. The minimum absolute atomic E-state index is 0. The summed E-state index contributed by atoms with van der Waals surface area (Å²) in [7, 11) is 0. The maximum absolute atomic E-state index is 0. The van der Waals surface area contributed by atoms with Crippen molar-refractivity contribution in [2.75, 3.05) is 0 Å². The average molecular weight is 681 g/mol. The van der Waals surface area contributed by atoms with E-state index in [1.165, 1.54) is 0 Å². The van der Waals surface area contributed by atoms with Crippen LogP contribution in [0.1, 0.15) is 0 Å². The van der Waals surface area contributed by atoms with Crippen molar-refractivity contribution >= 4 is 51.2 Å². The summed E-state index contributed by atoms with van der Waals surface area (Å²) in [4.78, 5) is 0. The van der Waals surface area contributed by atoms with Crippen LogP contribution < -0.4 is 0 Å². The Morgan fingerprint density at radius 2 is 1.00 bits per heavy atom. The van der Waals surface area contributed by atoms with Gasteiger partial charge in [0, 0.05) is 57.0 Å². The average Bonchev–Trinajstić information content (AvgIpc) is 0. The third-order valence-corrected chi connectivity index (χ3v) is 0. The summed E-state index contributed by atoms with van der Waals surface area (Å²) >= 11 is 0. The molecule has 0 aliphatic rings. The molecule has 0 spiro atoms. The van der Waals surface area contributed by atoms with Crippen LogP contribution in [-0.2, 0) is 57.0 Å². The van der Waals surface area contributed by atoms with E-state index in [-0.39, 0.29) is 108 Å². The van der Waals surface area contributed by atoms with Gasteiger partial charge in [-0.15, -0.1) is 0 Å². The molecule has 0 aliphatic heterocycles. The standard InChI is InChI=1S/Cu.Pb.Re.Ru.Sn.4H. The zero-order valence-corrected chi connectivity index (χ0v) is 17.4. The maximum atomic E-state index is 0. The molecule has 0 fully saturated rings. The number of hydrogen-bond donors (Lipinski definition) is 0. The van der Waals surface area contributed by atoms with Gasteiger partial charge in [-0.2, -0.15) is 0 Å². The SMILES string of the molecule is [Cu].[PbH2].[Re].[Ru].[SnH2]. The summed E-state index contributed by atoms with van der Waals surface area (Å²) in [6, 6.07) is 0. The van der Waals surface area contributed by atoms with Crippen molar-refractivity contribution in [3.05, 3.63) is 0 Å². The summed E-state index contributed by atoms with van der Waals surface area (Å²) in [5.41, 5.74) is 0. The zero-order valence-electron chi connectivity index (χ0n) is 2.45. The second kappa shape index (κ2) is 25.8. The van der Waals surface area contributed by atoms with Crippen LogP contribution in [0.25, 0.3) is 0 Å². The fourth-order valence-corrected chi connectivity index (χ4v) is 0. The van der Waals surface area contributed by atoms with Gasteiger partial charge in [-0.1, -0.05) is 0 Å². The first-order valence-corrected chi connectivity index (χ1v) is 0. The quantitative estimate of drug-likeness (QED) is 0.264. The van der Waals surface area contributed by atoms with Crippen LogP contribution in [0.5, 0.6) is 0 Å². The Morgan fingerprint density at radius 1 is 1.00 bits per heavy atom. The first-order valence-electron chi connectivity index (χ1n) is 0. The molecule has 0 heterocycles. The molecule has 0 nitrogen and oxygen atoms in total. The van der Waals surface area contributed by atoms with E-state index >= 15 is 0 Å². The predicted octanol–water partition coefficient (Wildman–Crippen LogP) is -1.84. The van der Waals surface area contributed by atoms with Gasteiger partial charge < -0.3 is 0 Å². The molecule has 0 aliphatic carbocycles. The Balaban J connectivity index is 0. The summed E-state index contributed by atoms with van der Waals surface area (Å²) in [6.45, 7) is 0. The summed E-state index contributed by atoms with van der Waals surface area (Å²) < 4.78 is 0. The van der Waals surface area contributed by atoms with E-state index in [2.05, 4.69) is 0 Å². The molecule has 0 unspecified atom stereocenters. The van der Waals surface area contributed by atoms with E-state index in [0.717, 1.165) is 0 Å². The van der Waals surface area contributed by atoms with E-state index < -0.39 is 0 Å². The molecule has 0 saturated carbocycles. The Morgan fingerprint density at radius 3 is 1.00 bits per heavy atom. The molecule has 0 amide bonds. The van der Waals surface area contributed by atoms with Gasteiger partial charge in [0.1, 0.15) is 0 Å². The first kappa shape index (κ1) is 38.8. The topological polar surface area (TPSA) is 0 Å². The van der Waals surface area contributed by atoms with Crippen LogP contribution in [0.4, 0.5) is 0 Å². The van der Waals surface area contributed by atoms with E-state index in [0.29, 0.717) is 0 Å². The molecule has 0 aromatic rings. The van der Waals surface area contributed by atoms with Crippen molar-refractivity contribution in [3.63, 3.8) is 0 Å². The van der Waals surface area contributed by atoms with Gasteiger partial charge in [-0.05, 0) is 0 Å². The number of rotatable bonds is 0. The van der Waals surface area contributed by atoms with Gasteiger partial charge in [0.05, 0.1) is 0 Å². The molecule has 0 aromatic heterocycles. The monoisotopic (exact) mass is 684 g/mol. The fourth-order valence-electron chi connectivity index (χ4n) is 0. The fraction of sp³-hybridized carbons (Fsp3) is 0. The molecule has 0 atom stereocenters. The Labute approximate surface area is 106 Å². The Bertz CT molecular complexity index is 11.6. The predicted molar refractivity (Wildman–Crippen MR) is 17.1 cm³/mol. The van der Waals surface area contributed by atoms with E-state index in [9.17, 15) is 0 Å². The molecule has 5 heavy (non-hydrogen) atoms. The second-order valence-corrected chi connectivity index (χ2v) is 0. The summed E-state index contributed by atoms with van der Waals surface area (Å²) in [6.07, 6.45) is 0. The summed E-state index contributed by atoms with van der Waals surface area (Å²) in [5, 5.41) is 0. The zero-order chi connectivity index (χ0) is 0. The van der Waals surface area contributed by atoms with Crippen LogP contribution in [0.3, 0.4) is 0 Å². The van der Waals surface area contributed by atoms with E-state index in [4.69, 9.17) is 0 Å². The van der Waals surface area contributed by atoms with Gasteiger partial charge >= 0.3 is 51.2 Å². The summed E-state index contributed by atoms with van der Waals surface area (Å²) in [5.74, 6) is 0. The van der Waals surface area contributed by atoms with Gasteiger partial charge in [0.2, 0.25) is 0 Å². The van der Waals surface area contributed by atoms with Crippen LogP contribution >= 0.6 is 0 Å². The van der Waals surface area contributed by atoms with Gasteiger partial charge in [-0.25, -0.2) is 0 Å². The van der Waals surface area contributed by atoms with Crippen molar-refractivity contribution in [3.8, 4) is 0 Å². The first-order chi connectivity index (χ1) is 0.